The summed E-state index contributed by atoms with van der Waals surface area (Å²) in [6.07, 6.45) is 7.05. The molecule has 4 nitrogen and oxygen atoms in total. The normalized spacial score (nSPS) is 15.8. The van der Waals surface area contributed by atoms with Gasteiger partial charge in [0.05, 0.1) is 0 Å². The van der Waals surface area contributed by atoms with Gasteiger partial charge >= 0.3 is 5.97 Å². The van der Waals surface area contributed by atoms with E-state index in [0.717, 1.165) is 42.2 Å². The van der Waals surface area contributed by atoms with Crippen molar-refractivity contribution in [3.05, 3.63) is 28.0 Å². The van der Waals surface area contributed by atoms with Gasteiger partial charge < -0.3 is 10.0 Å². The van der Waals surface area contributed by atoms with Crippen LogP contribution in [-0.4, -0.2) is 28.9 Å². The number of carboxylic acids is 1. The molecule has 0 aromatic carbocycles. The molecule has 1 fully saturated rings. The minimum Gasteiger partial charge on any atom is -0.478 e. The van der Waals surface area contributed by atoms with Crippen LogP contribution in [0.3, 0.4) is 0 Å². The lowest BCUT2D eigenvalue weighted by molar-refractivity contribution is -0.134. The fourth-order valence-corrected chi connectivity index (χ4v) is 3.35. The number of thiophene rings is 1. The van der Waals surface area contributed by atoms with Crippen LogP contribution in [0.25, 0.3) is 6.08 Å². The van der Waals surface area contributed by atoms with Gasteiger partial charge in [-0.15, -0.1) is 11.3 Å². The van der Waals surface area contributed by atoms with E-state index in [4.69, 9.17) is 5.11 Å². The number of nitrogens with zero attached hydrogens (tertiary/aromatic N) is 1. The molecule has 1 heterocycles. The van der Waals surface area contributed by atoms with E-state index in [2.05, 4.69) is 0 Å². The Labute approximate surface area is 122 Å². The topological polar surface area (TPSA) is 57.6 Å². The predicted molar refractivity (Wildman–Crippen MR) is 79.4 cm³/mol. The zero-order valence-corrected chi connectivity index (χ0v) is 12.4. The fourth-order valence-electron chi connectivity index (χ4n) is 2.55. The van der Waals surface area contributed by atoms with Gasteiger partial charge in [0, 0.05) is 30.5 Å². The van der Waals surface area contributed by atoms with Gasteiger partial charge in [0.25, 0.3) is 0 Å². The third-order valence-electron chi connectivity index (χ3n) is 3.56. The Balaban J connectivity index is 1.92. The molecule has 5 heteroatoms. The quantitative estimate of drug-likeness (QED) is 0.849. The van der Waals surface area contributed by atoms with E-state index < -0.39 is 5.97 Å². The number of aliphatic carboxylic acids is 1. The summed E-state index contributed by atoms with van der Waals surface area (Å²) in [4.78, 5) is 25.3. The van der Waals surface area contributed by atoms with E-state index in [0.29, 0.717) is 6.54 Å². The Morgan fingerprint density at radius 1 is 1.45 bits per heavy atom. The molecule has 0 unspecified atom stereocenters. The molecule has 0 saturated heterocycles. The van der Waals surface area contributed by atoms with Crippen LogP contribution in [-0.2, 0) is 16.1 Å². The zero-order valence-electron chi connectivity index (χ0n) is 11.5. The van der Waals surface area contributed by atoms with E-state index >= 15 is 0 Å². The molecule has 0 radical (unpaired) electrons. The lowest BCUT2D eigenvalue weighted by Gasteiger charge is -2.20. The Hall–Kier alpha value is -1.62. The summed E-state index contributed by atoms with van der Waals surface area (Å²) in [7, 11) is 1.84. The summed E-state index contributed by atoms with van der Waals surface area (Å²) in [5, 5.41) is 10.6. The summed E-state index contributed by atoms with van der Waals surface area (Å²) < 4.78 is 0. The average Bonchev–Trinajstić information content (AvgIpc) is 3.06. The second-order valence-corrected chi connectivity index (χ2v) is 6.15. The third kappa shape index (κ3) is 3.93. The standard InChI is InChI=1S/C15H19NO3S/c1-16(15(19)12-4-2-3-5-12)9-11-8-13(20-10-11)6-7-14(17)18/h6-8,10,12H,2-5,9H2,1H3,(H,17,18). The minimum absolute atomic E-state index is 0.199. The van der Waals surface area contributed by atoms with Crippen molar-refractivity contribution < 1.29 is 14.7 Å². The Kier molecular flexibility index (Phi) is 4.95. The van der Waals surface area contributed by atoms with Crippen molar-refractivity contribution in [1.82, 2.24) is 4.90 Å². The molecule has 0 atom stereocenters. The first kappa shape index (κ1) is 14.8. The summed E-state index contributed by atoms with van der Waals surface area (Å²) >= 11 is 1.49. The number of hydrogen-bond acceptors (Lipinski definition) is 3. The SMILES string of the molecule is CN(Cc1csc(C=CC(=O)O)c1)C(=O)C1CCCC1. The Morgan fingerprint density at radius 2 is 2.15 bits per heavy atom. The monoisotopic (exact) mass is 293 g/mol. The molecule has 1 N–H and O–H groups in total. The molecule has 1 aromatic heterocycles. The molecule has 1 aliphatic rings. The summed E-state index contributed by atoms with van der Waals surface area (Å²) in [6.45, 7) is 0.590. The van der Waals surface area contributed by atoms with Crippen LogP contribution in [0.2, 0.25) is 0 Å². The smallest absolute Gasteiger partial charge is 0.328 e. The van der Waals surface area contributed by atoms with Crippen LogP contribution in [0, 0.1) is 5.92 Å². The highest BCUT2D eigenvalue weighted by Gasteiger charge is 2.25. The summed E-state index contributed by atoms with van der Waals surface area (Å²) in [5.41, 5.74) is 1.05. The van der Waals surface area contributed by atoms with E-state index in [9.17, 15) is 9.59 Å². The molecule has 1 aliphatic carbocycles. The van der Waals surface area contributed by atoms with Crippen molar-refractivity contribution in [2.24, 2.45) is 5.92 Å². The van der Waals surface area contributed by atoms with Crippen molar-refractivity contribution in [3.8, 4) is 0 Å². The summed E-state index contributed by atoms with van der Waals surface area (Å²) in [6, 6.07) is 1.93. The number of carboxylic acid groups (broad SMARTS) is 1. The van der Waals surface area contributed by atoms with Gasteiger partial charge in [-0.05, 0) is 35.9 Å². The van der Waals surface area contributed by atoms with Crippen molar-refractivity contribution in [2.75, 3.05) is 7.05 Å². The number of hydrogen-bond donors (Lipinski definition) is 1. The zero-order chi connectivity index (χ0) is 14.5. The first-order valence-electron chi connectivity index (χ1n) is 6.79. The van der Waals surface area contributed by atoms with Crippen molar-refractivity contribution >= 4 is 29.3 Å². The highest BCUT2D eigenvalue weighted by atomic mass is 32.1. The van der Waals surface area contributed by atoms with Gasteiger partial charge in [-0.1, -0.05) is 12.8 Å². The lowest BCUT2D eigenvalue weighted by Crippen LogP contribution is -2.31. The predicted octanol–water partition coefficient (Wildman–Crippen LogP) is 2.99. The van der Waals surface area contributed by atoms with Gasteiger partial charge in [-0.25, -0.2) is 4.79 Å². The first-order valence-corrected chi connectivity index (χ1v) is 7.67. The molecule has 1 amide bonds. The number of carbonyl (C=O) groups is 2. The molecule has 2 rings (SSSR count). The van der Waals surface area contributed by atoms with Crippen molar-refractivity contribution in [1.29, 1.82) is 0 Å². The highest BCUT2D eigenvalue weighted by molar-refractivity contribution is 7.11. The van der Waals surface area contributed by atoms with E-state index in [1.807, 2.05) is 18.5 Å². The Morgan fingerprint density at radius 3 is 2.80 bits per heavy atom. The maximum atomic E-state index is 12.2. The van der Waals surface area contributed by atoms with Crippen molar-refractivity contribution in [3.63, 3.8) is 0 Å². The molecular weight excluding hydrogens is 274 g/mol. The molecule has 0 aliphatic heterocycles. The van der Waals surface area contributed by atoms with Crippen LogP contribution in [0.15, 0.2) is 17.5 Å². The molecule has 0 bridgehead atoms. The largest absolute Gasteiger partial charge is 0.478 e. The molecule has 1 aromatic rings. The van der Waals surface area contributed by atoms with Crippen LogP contribution in [0.4, 0.5) is 0 Å². The number of rotatable bonds is 5. The number of carbonyl (C=O) groups excluding carboxylic acids is 1. The van der Waals surface area contributed by atoms with E-state index in [1.165, 1.54) is 11.3 Å². The minimum atomic E-state index is -0.950. The average molecular weight is 293 g/mol. The van der Waals surface area contributed by atoms with Gasteiger partial charge in [0.1, 0.15) is 0 Å². The molecular formula is C15H19NO3S. The van der Waals surface area contributed by atoms with Gasteiger partial charge in [0.15, 0.2) is 0 Å². The fraction of sp³-hybridized carbons (Fsp3) is 0.467. The van der Waals surface area contributed by atoms with E-state index in [-0.39, 0.29) is 11.8 Å². The lowest BCUT2D eigenvalue weighted by atomic mass is 10.1. The number of amides is 1. The highest BCUT2D eigenvalue weighted by Crippen LogP contribution is 2.27. The molecule has 0 spiro atoms. The van der Waals surface area contributed by atoms with E-state index in [1.54, 1.807) is 11.0 Å². The molecule has 1 saturated carbocycles. The molecule has 20 heavy (non-hydrogen) atoms. The second kappa shape index (κ2) is 6.70. The first-order chi connectivity index (χ1) is 9.56. The van der Waals surface area contributed by atoms with Crippen LogP contribution in [0.5, 0.6) is 0 Å². The van der Waals surface area contributed by atoms with Gasteiger partial charge in [0.2, 0.25) is 5.91 Å². The van der Waals surface area contributed by atoms with Crippen molar-refractivity contribution in [2.45, 2.75) is 32.2 Å². The Bertz CT molecular complexity index is 515. The molecule has 108 valence electrons. The third-order valence-corrected chi connectivity index (χ3v) is 4.51. The van der Waals surface area contributed by atoms with Crippen LogP contribution in [0.1, 0.15) is 36.1 Å². The maximum absolute atomic E-state index is 12.2. The van der Waals surface area contributed by atoms with Gasteiger partial charge in [-0.3, -0.25) is 4.79 Å². The van der Waals surface area contributed by atoms with Crippen LogP contribution < -0.4 is 0 Å². The second-order valence-electron chi connectivity index (χ2n) is 5.20. The van der Waals surface area contributed by atoms with Gasteiger partial charge in [-0.2, -0.15) is 0 Å². The van der Waals surface area contributed by atoms with Crippen LogP contribution >= 0.6 is 11.3 Å². The maximum Gasteiger partial charge on any atom is 0.328 e. The summed E-state index contributed by atoms with van der Waals surface area (Å²) in [5.74, 6) is -0.519.